The van der Waals surface area contributed by atoms with E-state index in [0.717, 1.165) is 22.5 Å². The molecule has 3 aromatic rings. The summed E-state index contributed by atoms with van der Waals surface area (Å²) in [4.78, 5) is 15.6. The minimum absolute atomic E-state index is 0.144. The van der Waals surface area contributed by atoms with Crippen LogP contribution in [0, 0.1) is 39.4 Å². The number of thiazole rings is 1. The predicted molar refractivity (Wildman–Crippen MR) is 138 cm³/mol. The first-order chi connectivity index (χ1) is 17.3. The lowest BCUT2D eigenvalue weighted by atomic mass is 9.49. The first-order valence-electron chi connectivity index (χ1n) is 11.0. The maximum absolute atomic E-state index is 12.4. The molecule has 7 nitrogen and oxygen atoms in total. The number of anilines is 1. The fraction of sp³-hybridized carbons (Fsp3) is 0.231. The number of benzene rings is 2. The van der Waals surface area contributed by atoms with Crippen molar-refractivity contribution in [2.24, 2.45) is 11.1 Å². The zero-order chi connectivity index (χ0) is 25.7. The second-order valence-corrected chi connectivity index (χ2v) is 10.9. The van der Waals surface area contributed by atoms with Crippen molar-refractivity contribution in [3.05, 3.63) is 95.6 Å². The Morgan fingerprint density at radius 2 is 1.42 bits per heavy atom. The summed E-state index contributed by atoms with van der Waals surface area (Å²) in [6.45, 7) is 0. The Balaban J connectivity index is 1.84. The minimum atomic E-state index is -1.48. The first kappa shape index (κ1) is 24.0. The topological polar surface area (TPSA) is 142 Å². The first-order valence-corrected chi connectivity index (χ1v) is 12.6. The molecule has 1 aliphatic heterocycles. The summed E-state index contributed by atoms with van der Waals surface area (Å²) in [7, 11) is 0. The van der Waals surface area contributed by atoms with E-state index in [1.165, 1.54) is 0 Å². The van der Waals surface area contributed by atoms with E-state index in [-0.39, 0.29) is 29.1 Å². The smallest absolute Gasteiger partial charge is 0.306 e. The molecule has 1 saturated carbocycles. The number of nitrogens with one attached hydrogen (secondary N) is 2. The van der Waals surface area contributed by atoms with Crippen molar-refractivity contribution in [3.8, 4) is 18.2 Å². The molecule has 0 radical (unpaired) electrons. The third kappa shape index (κ3) is 3.48. The van der Waals surface area contributed by atoms with E-state index in [1.54, 1.807) is 48.5 Å². The number of fused-ring (bicyclic) bond motifs is 2. The summed E-state index contributed by atoms with van der Waals surface area (Å²) in [5.74, 6) is -0.671. The quantitative estimate of drug-likeness (QED) is 0.397. The summed E-state index contributed by atoms with van der Waals surface area (Å²) in [5.41, 5.74) is 5.60. The fourth-order valence-electron chi connectivity index (χ4n) is 5.71. The molecule has 2 aromatic carbocycles. The minimum Gasteiger partial charge on any atom is -0.384 e. The molecule has 1 aromatic heterocycles. The average Bonchev–Trinajstić information content (AvgIpc) is 3.25. The monoisotopic (exact) mass is 532 g/mol. The molecular weight excluding hydrogens is 515 g/mol. The van der Waals surface area contributed by atoms with Crippen LogP contribution in [0.2, 0.25) is 10.0 Å². The lowest BCUT2D eigenvalue weighted by Crippen LogP contribution is -2.49. The molecule has 0 amide bonds. The number of aromatic nitrogens is 1. The Bertz CT molecular complexity index is 1500. The highest BCUT2D eigenvalue weighted by Gasteiger charge is 2.61. The number of rotatable bonds is 2. The van der Waals surface area contributed by atoms with Crippen molar-refractivity contribution in [3.63, 3.8) is 0 Å². The van der Waals surface area contributed by atoms with Gasteiger partial charge in [-0.25, -0.2) is 0 Å². The number of nitrogens with zero attached hydrogens (tertiary/aromatic N) is 3. The lowest BCUT2D eigenvalue weighted by molar-refractivity contribution is 0.180. The molecule has 4 N–H and O–H groups in total. The van der Waals surface area contributed by atoms with E-state index in [4.69, 9.17) is 28.9 Å². The van der Waals surface area contributed by atoms with Crippen molar-refractivity contribution in [1.82, 2.24) is 4.98 Å². The second kappa shape index (κ2) is 8.73. The number of nitrogens with two attached hydrogens (primary N) is 1. The zero-order valence-corrected chi connectivity index (χ0v) is 21.0. The SMILES string of the molecule is N#CC1=C(N)Nc2[nH]c(=O)sc2C12CC(c1ccc(Cl)cc1)C(C#N)(C#N)C(c1ccc(Cl)cc1)C2. The van der Waals surface area contributed by atoms with Gasteiger partial charge in [0, 0.05) is 27.3 Å². The maximum atomic E-state index is 12.4. The van der Waals surface area contributed by atoms with Gasteiger partial charge in [0.25, 0.3) is 0 Å². The van der Waals surface area contributed by atoms with Gasteiger partial charge < -0.3 is 11.1 Å². The Kier molecular flexibility index (Phi) is 5.81. The normalized spacial score (nSPS) is 24.2. The van der Waals surface area contributed by atoms with Crippen molar-refractivity contribution in [1.29, 1.82) is 15.8 Å². The fourth-order valence-corrected chi connectivity index (χ4v) is 6.97. The molecule has 1 spiro atoms. The maximum Gasteiger partial charge on any atom is 0.306 e. The predicted octanol–water partition coefficient (Wildman–Crippen LogP) is 5.50. The molecule has 2 aliphatic rings. The Labute approximate surface area is 221 Å². The van der Waals surface area contributed by atoms with Gasteiger partial charge in [-0.2, -0.15) is 15.8 Å². The van der Waals surface area contributed by atoms with Crippen LogP contribution in [0.3, 0.4) is 0 Å². The number of hydrogen-bond donors (Lipinski definition) is 3. The molecule has 5 rings (SSSR count). The molecule has 2 heterocycles. The van der Waals surface area contributed by atoms with Gasteiger partial charge in [0.2, 0.25) is 0 Å². The standard InChI is InChI=1S/C26H18Cl2N6OS/c27-16-5-1-14(2-6-16)18-9-25(20(11-29)22(32)33-23-21(25)36-24(35)34-23)10-19(26(18,12-30)13-31)15-3-7-17(28)8-4-15/h1-8,18-19,33H,9-10,32H2,(H,34,35). The van der Waals surface area contributed by atoms with E-state index < -0.39 is 22.7 Å². The third-order valence-electron chi connectivity index (χ3n) is 7.32. The van der Waals surface area contributed by atoms with Crippen LogP contribution in [0.15, 0.2) is 64.7 Å². The van der Waals surface area contributed by atoms with Crippen LogP contribution in [-0.2, 0) is 5.41 Å². The number of H-pyrrole nitrogens is 1. The summed E-state index contributed by atoms with van der Waals surface area (Å²) in [6, 6.07) is 21.0. The van der Waals surface area contributed by atoms with Crippen LogP contribution in [0.25, 0.3) is 0 Å². The molecular formula is C26H18Cl2N6OS. The summed E-state index contributed by atoms with van der Waals surface area (Å²) >= 11 is 13.3. The summed E-state index contributed by atoms with van der Waals surface area (Å²) in [6.07, 6.45) is 0.456. The highest BCUT2D eigenvalue weighted by Crippen LogP contribution is 2.64. The average molecular weight is 533 g/mol. The highest BCUT2D eigenvalue weighted by molar-refractivity contribution is 7.10. The van der Waals surface area contributed by atoms with E-state index in [0.29, 0.717) is 20.7 Å². The number of halogens is 2. The van der Waals surface area contributed by atoms with E-state index in [1.807, 2.05) is 0 Å². The number of hydrogen-bond acceptors (Lipinski definition) is 7. The van der Waals surface area contributed by atoms with Crippen LogP contribution < -0.4 is 15.9 Å². The van der Waals surface area contributed by atoms with Gasteiger partial charge in [-0.05, 0) is 48.2 Å². The molecule has 2 unspecified atom stereocenters. The van der Waals surface area contributed by atoms with Gasteiger partial charge in [-0.15, -0.1) is 0 Å². The molecule has 2 atom stereocenters. The van der Waals surface area contributed by atoms with Gasteiger partial charge in [0.15, 0.2) is 5.41 Å². The number of aromatic amines is 1. The molecule has 36 heavy (non-hydrogen) atoms. The molecule has 0 saturated heterocycles. The van der Waals surface area contributed by atoms with Gasteiger partial charge in [0.05, 0.1) is 28.7 Å². The van der Waals surface area contributed by atoms with Crippen molar-refractivity contribution in [2.45, 2.75) is 30.1 Å². The van der Waals surface area contributed by atoms with Crippen LogP contribution in [0.5, 0.6) is 0 Å². The van der Waals surface area contributed by atoms with Crippen LogP contribution in [0.4, 0.5) is 5.82 Å². The molecule has 178 valence electrons. The number of allylic oxidation sites excluding steroid dienone is 1. The van der Waals surface area contributed by atoms with Crippen LogP contribution in [0.1, 0.15) is 40.7 Å². The zero-order valence-electron chi connectivity index (χ0n) is 18.7. The molecule has 1 aliphatic carbocycles. The van der Waals surface area contributed by atoms with E-state index >= 15 is 0 Å². The Hall–Kier alpha value is -3.74. The second-order valence-electron chi connectivity index (χ2n) is 9.04. The van der Waals surface area contributed by atoms with Crippen LogP contribution >= 0.6 is 34.5 Å². The third-order valence-corrected chi connectivity index (χ3v) is 8.91. The lowest BCUT2D eigenvalue weighted by Gasteiger charge is -2.51. The Morgan fingerprint density at radius 3 is 1.86 bits per heavy atom. The van der Waals surface area contributed by atoms with E-state index in [9.17, 15) is 20.6 Å². The summed E-state index contributed by atoms with van der Waals surface area (Å²) in [5, 5.41) is 35.4. The molecule has 0 bridgehead atoms. The summed E-state index contributed by atoms with van der Waals surface area (Å²) < 4.78 is 0. The Morgan fingerprint density at radius 1 is 0.917 bits per heavy atom. The van der Waals surface area contributed by atoms with Crippen molar-refractivity contribution < 1.29 is 0 Å². The van der Waals surface area contributed by atoms with Gasteiger partial charge in [-0.1, -0.05) is 58.8 Å². The van der Waals surface area contributed by atoms with Crippen molar-refractivity contribution in [2.75, 3.05) is 5.32 Å². The largest absolute Gasteiger partial charge is 0.384 e. The highest BCUT2D eigenvalue weighted by atomic mass is 35.5. The van der Waals surface area contributed by atoms with Crippen molar-refractivity contribution >= 4 is 40.4 Å². The van der Waals surface area contributed by atoms with Gasteiger partial charge >= 0.3 is 4.87 Å². The van der Waals surface area contributed by atoms with Crippen LogP contribution in [-0.4, -0.2) is 4.98 Å². The molecule has 10 heteroatoms. The van der Waals surface area contributed by atoms with E-state index in [2.05, 4.69) is 28.5 Å². The van der Waals surface area contributed by atoms with Gasteiger partial charge in [0.1, 0.15) is 11.6 Å². The molecule has 1 fully saturated rings. The number of nitriles is 3. The van der Waals surface area contributed by atoms with Gasteiger partial charge in [-0.3, -0.25) is 9.78 Å².